The van der Waals surface area contributed by atoms with Gasteiger partial charge in [-0.1, -0.05) is 6.58 Å². The second-order valence-corrected chi connectivity index (χ2v) is 3.26. The molecule has 0 radical (unpaired) electrons. The molecule has 7 heteroatoms. The Balaban J connectivity index is 4.93. The SMILES string of the molecule is C=C(O)CC(C(=O)O)C(CC(=O)O)C(=O)O. The van der Waals surface area contributed by atoms with Crippen molar-refractivity contribution in [1.82, 2.24) is 0 Å². The second kappa shape index (κ2) is 5.74. The molecule has 0 aliphatic rings. The average Bonchev–Trinajstić information content (AvgIpc) is 2.09. The molecule has 90 valence electrons. The first-order chi connectivity index (χ1) is 7.25. The largest absolute Gasteiger partial charge is 0.513 e. The third kappa shape index (κ3) is 4.45. The van der Waals surface area contributed by atoms with Crippen LogP contribution >= 0.6 is 0 Å². The predicted molar refractivity (Wildman–Crippen MR) is 50.9 cm³/mol. The third-order valence-corrected chi connectivity index (χ3v) is 1.97. The molecule has 0 saturated carbocycles. The van der Waals surface area contributed by atoms with Crippen LogP contribution in [0.5, 0.6) is 0 Å². The standard InChI is InChI=1S/C9H12O7/c1-4(10)2-5(8(13)14)6(9(15)16)3-7(11)12/h5-6,10H,1-3H2,(H,11,12)(H,13,14)(H,15,16). The van der Waals surface area contributed by atoms with Crippen LogP contribution in [0.15, 0.2) is 12.3 Å². The van der Waals surface area contributed by atoms with E-state index in [0.29, 0.717) is 0 Å². The first-order valence-electron chi connectivity index (χ1n) is 4.29. The highest BCUT2D eigenvalue weighted by Gasteiger charge is 2.35. The van der Waals surface area contributed by atoms with Crippen LogP contribution in [0.1, 0.15) is 12.8 Å². The number of aliphatic hydroxyl groups excluding tert-OH is 1. The quantitative estimate of drug-likeness (QED) is 0.464. The molecule has 0 aliphatic heterocycles. The number of carboxylic acids is 3. The zero-order valence-electron chi connectivity index (χ0n) is 8.29. The lowest BCUT2D eigenvalue weighted by Crippen LogP contribution is -2.32. The summed E-state index contributed by atoms with van der Waals surface area (Å²) in [5, 5.41) is 34.8. The summed E-state index contributed by atoms with van der Waals surface area (Å²) in [6.45, 7) is 3.05. The van der Waals surface area contributed by atoms with E-state index in [2.05, 4.69) is 6.58 Å². The molecular formula is C9H12O7. The fraction of sp³-hybridized carbons (Fsp3) is 0.444. The van der Waals surface area contributed by atoms with Crippen molar-refractivity contribution in [1.29, 1.82) is 0 Å². The smallest absolute Gasteiger partial charge is 0.307 e. The van der Waals surface area contributed by atoms with Crippen LogP contribution in [0.4, 0.5) is 0 Å². The van der Waals surface area contributed by atoms with Crippen LogP contribution in [-0.4, -0.2) is 38.3 Å². The average molecular weight is 232 g/mol. The lowest BCUT2D eigenvalue weighted by Gasteiger charge is -2.18. The summed E-state index contributed by atoms with van der Waals surface area (Å²) in [4.78, 5) is 31.9. The van der Waals surface area contributed by atoms with Crippen molar-refractivity contribution < 1.29 is 34.8 Å². The molecule has 2 unspecified atom stereocenters. The summed E-state index contributed by atoms with van der Waals surface area (Å²) in [6, 6.07) is 0. The molecule has 0 aromatic rings. The van der Waals surface area contributed by atoms with Gasteiger partial charge in [0.25, 0.3) is 0 Å². The Hall–Kier alpha value is -2.05. The minimum atomic E-state index is -1.60. The summed E-state index contributed by atoms with van der Waals surface area (Å²) in [6.07, 6.45) is -1.31. The van der Waals surface area contributed by atoms with Crippen LogP contribution in [0.25, 0.3) is 0 Å². The molecule has 0 heterocycles. The number of rotatable bonds is 7. The van der Waals surface area contributed by atoms with E-state index in [1.807, 2.05) is 0 Å². The molecule has 0 amide bonds. The van der Waals surface area contributed by atoms with Crippen LogP contribution in [0.3, 0.4) is 0 Å². The van der Waals surface area contributed by atoms with E-state index >= 15 is 0 Å². The Morgan fingerprint density at radius 1 is 0.875 bits per heavy atom. The Bertz CT molecular complexity index is 288. The van der Waals surface area contributed by atoms with Gasteiger partial charge in [-0.05, 0) is 0 Å². The molecule has 0 rings (SSSR count). The molecule has 0 aromatic carbocycles. The van der Waals surface area contributed by atoms with E-state index in [4.69, 9.17) is 20.4 Å². The van der Waals surface area contributed by atoms with E-state index in [9.17, 15) is 14.4 Å². The Kier molecular flexibility index (Phi) is 5.00. The number of hydrogen-bond acceptors (Lipinski definition) is 4. The van der Waals surface area contributed by atoms with Gasteiger partial charge in [-0.2, -0.15) is 0 Å². The van der Waals surface area contributed by atoms with Gasteiger partial charge in [-0.25, -0.2) is 0 Å². The first-order valence-corrected chi connectivity index (χ1v) is 4.29. The summed E-state index contributed by atoms with van der Waals surface area (Å²) >= 11 is 0. The van der Waals surface area contributed by atoms with Crippen molar-refractivity contribution >= 4 is 17.9 Å². The van der Waals surface area contributed by atoms with Gasteiger partial charge in [-0.15, -0.1) is 0 Å². The normalized spacial score (nSPS) is 13.8. The molecule has 0 bridgehead atoms. The molecule has 0 aromatic heterocycles. The molecule has 16 heavy (non-hydrogen) atoms. The summed E-state index contributed by atoms with van der Waals surface area (Å²) < 4.78 is 0. The maximum atomic E-state index is 10.8. The lowest BCUT2D eigenvalue weighted by molar-refractivity contribution is -0.157. The highest BCUT2D eigenvalue weighted by molar-refractivity contribution is 5.84. The highest BCUT2D eigenvalue weighted by Crippen LogP contribution is 2.23. The molecular weight excluding hydrogens is 220 g/mol. The van der Waals surface area contributed by atoms with Crippen LogP contribution in [0, 0.1) is 11.8 Å². The number of carbonyl (C=O) groups is 3. The highest BCUT2D eigenvalue weighted by atomic mass is 16.4. The second-order valence-electron chi connectivity index (χ2n) is 3.26. The molecule has 0 aliphatic carbocycles. The zero-order chi connectivity index (χ0) is 12.9. The minimum absolute atomic E-state index is 0.487. The molecule has 7 nitrogen and oxygen atoms in total. The lowest BCUT2D eigenvalue weighted by atomic mass is 9.86. The molecule has 4 N–H and O–H groups in total. The van der Waals surface area contributed by atoms with Crippen molar-refractivity contribution in [3.8, 4) is 0 Å². The first kappa shape index (κ1) is 13.9. The van der Waals surface area contributed by atoms with Crippen molar-refractivity contribution in [3.05, 3.63) is 12.3 Å². The Morgan fingerprint density at radius 2 is 1.25 bits per heavy atom. The van der Waals surface area contributed by atoms with E-state index in [0.717, 1.165) is 0 Å². The van der Waals surface area contributed by atoms with Gasteiger partial charge in [0.05, 0.1) is 24.0 Å². The topological polar surface area (TPSA) is 132 Å². The Morgan fingerprint density at radius 3 is 1.50 bits per heavy atom. The number of carboxylic acid groups (broad SMARTS) is 3. The molecule has 0 saturated heterocycles. The van der Waals surface area contributed by atoms with E-state index in [1.165, 1.54) is 0 Å². The maximum Gasteiger partial charge on any atom is 0.307 e. The minimum Gasteiger partial charge on any atom is -0.513 e. The van der Waals surface area contributed by atoms with E-state index < -0.39 is 48.3 Å². The van der Waals surface area contributed by atoms with Crippen molar-refractivity contribution in [2.45, 2.75) is 12.8 Å². The summed E-state index contributed by atoms with van der Waals surface area (Å²) in [5.41, 5.74) is 0. The zero-order valence-corrected chi connectivity index (χ0v) is 8.29. The summed E-state index contributed by atoms with van der Waals surface area (Å²) in [7, 11) is 0. The van der Waals surface area contributed by atoms with Crippen LogP contribution in [0.2, 0.25) is 0 Å². The number of aliphatic carboxylic acids is 3. The van der Waals surface area contributed by atoms with E-state index in [1.54, 1.807) is 0 Å². The van der Waals surface area contributed by atoms with Crippen molar-refractivity contribution in [2.75, 3.05) is 0 Å². The van der Waals surface area contributed by atoms with Crippen molar-refractivity contribution in [3.63, 3.8) is 0 Å². The van der Waals surface area contributed by atoms with Gasteiger partial charge in [0.1, 0.15) is 0 Å². The van der Waals surface area contributed by atoms with Crippen molar-refractivity contribution in [2.24, 2.45) is 11.8 Å². The fourth-order valence-electron chi connectivity index (χ4n) is 1.25. The molecule has 0 spiro atoms. The fourth-order valence-corrected chi connectivity index (χ4v) is 1.25. The number of hydrogen-bond donors (Lipinski definition) is 4. The monoisotopic (exact) mass is 232 g/mol. The Labute approximate surface area is 90.6 Å². The van der Waals surface area contributed by atoms with E-state index in [-0.39, 0.29) is 0 Å². The van der Waals surface area contributed by atoms with Gasteiger partial charge in [0.15, 0.2) is 0 Å². The molecule has 0 fully saturated rings. The maximum absolute atomic E-state index is 10.8. The summed E-state index contributed by atoms with van der Waals surface area (Å²) in [5.74, 6) is -8.03. The predicted octanol–water partition coefficient (Wildman–Crippen LogP) is 0.324. The number of aliphatic hydroxyl groups is 1. The van der Waals surface area contributed by atoms with Gasteiger partial charge in [0, 0.05) is 6.42 Å². The van der Waals surface area contributed by atoms with Crippen LogP contribution < -0.4 is 0 Å². The van der Waals surface area contributed by atoms with Gasteiger partial charge >= 0.3 is 17.9 Å². The number of allylic oxidation sites excluding steroid dienone is 1. The third-order valence-electron chi connectivity index (χ3n) is 1.97. The molecule has 2 atom stereocenters. The van der Waals surface area contributed by atoms with Gasteiger partial charge in [0.2, 0.25) is 0 Å². The van der Waals surface area contributed by atoms with Gasteiger partial charge in [-0.3, -0.25) is 14.4 Å². The van der Waals surface area contributed by atoms with Crippen LogP contribution in [-0.2, 0) is 14.4 Å². The van der Waals surface area contributed by atoms with Gasteiger partial charge < -0.3 is 20.4 Å².